The number of ether oxygens (including phenoxy) is 5. The van der Waals surface area contributed by atoms with Gasteiger partial charge in [0.1, 0.15) is 54.9 Å². The van der Waals surface area contributed by atoms with Crippen LogP contribution in [0.2, 0.25) is 0 Å². The summed E-state index contributed by atoms with van der Waals surface area (Å²) in [6.07, 6.45) is -16.4. The highest BCUT2D eigenvalue weighted by Crippen LogP contribution is 2.33. The van der Waals surface area contributed by atoms with Gasteiger partial charge in [-0.3, -0.25) is 0 Å². The van der Waals surface area contributed by atoms with Gasteiger partial charge in [0, 0.05) is 0 Å². The van der Waals surface area contributed by atoms with Gasteiger partial charge in [-0.25, -0.2) is 0 Å². The van der Waals surface area contributed by atoms with E-state index in [0.29, 0.717) is 0 Å². The zero-order valence-corrected chi connectivity index (χ0v) is 14.7. The van der Waals surface area contributed by atoms with E-state index in [2.05, 4.69) is 0 Å². The fraction of sp³-hybridized carbons (Fsp3) is 1.00. The number of aliphatic hydroxyl groups excluding tert-OH is 8. The van der Waals surface area contributed by atoms with Gasteiger partial charge in [-0.15, -0.1) is 0 Å². The van der Waals surface area contributed by atoms with Crippen LogP contribution in [0.1, 0.15) is 0 Å². The minimum absolute atomic E-state index is 0.575. The summed E-state index contributed by atoms with van der Waals surface area (Å²) in [5.41, 5.74) is 0. The van der Waals surface area contributed by atoms with Crippen LogP contribution in [0, 0.1) is 0 Å². The van der Waals surface area contributed by atoms with Crippen molar-refractivity contribution in [2.75, 3.05) is 19.8 Å². The second-order valence-electron chi connectivity index (χ2n) is 6.86. The first-order valence-electron chi connectivity index (χ1n) is 8.82. The third-order valence-electron chi connectivity index (χ3n) is 5.05. The van der Waals surface area contributed by atoms with E-state index >= 15 is 0 Å². The van der Waals surface area contributed by atoms with Crippen molar-refractivity contribution in [3.63, 3.8) is 0 Å². The molecule has 1 unspecified atom stereocenters. The standard InChI is InChI=1S/C15H26O13/c16-1-4-7(19)10(22)14(25-4)28-12-9(21)6(3-18)26-15(12)27-11-8(20)5(2-17)24-13(11)23/h4-23H,1-3H2/t4-,5-,6-,7-,8-,9-,10+,11+,12+,13?,14+,15+/m0/s1. The number of rotatable bonds is 7. The first-order chi connectivity index (χ1) is 13.3. The topological polar surface area (TPSA) is 208 Å². The summed E-state index contributed by atoms with van der Waals surface area (Å²) in [7, 11) is 0. The first kappa shape index (κ1) is 22.2. The Labute approximate surface area is 159 Å². The van der Waals surface area contributed by atoms with E-state index in [-0.39, 0.29) is 0 Å². The minimum Gasteiger partial charge on any atom is -0.394 e. The molecule has 0 aromatic carbocycles. The molecule has 3 aliphatic rings. The van der Waals surface area contributed by atoms with Crippen LogP contribution in [0.5, 0.6) is 0 Å². The zero-order chi connectivity index (χ0) is 20.6. The van der Waals surface area contributed by atoms with Crippen LogP contribution in [0.25, 0.3) is 0 Å². The summed E-state index contributed by atoms with van der Waals surface area (Å²) >= 11 is 0. The molecule has 0 saturated carbocycles. The summed E-state index contributed by atoms with van der Waals surface area (Å²) in [4.78, 5) is 0. The van der Waals surface area contributed by atoms with Gasteiger partial charge in [0.25, 0.3) is 0 Å². The van der Waals surface area contributed by atoms with Gasteiger partial charge < -0.3 is 64.5 Å². The molecule has 12 atom stereocenters. The molecular weight excluding hydrogens is 388 g/mol. The van der Waals surface area contributed by atoms with Gasteiger partial charge in [0.15, 0.2) is 18.9 Å². The maximum atomic E-state index is 10.3. The highest BCUT2D eigenvalue weighted by atomic mass is 16.8. The Hall–Kier alpha value is -0.520. The second kappa shape index (κ2) is 9.09. The van der Waals surface area contributed by atoms with E-state index in [1.54, 1.807) is 0 Å². The average molecular weight is 414 g/mol. The van der Waals surface area contributed by atoms with Crippen LogP contribution in [0.4, 0.5) is 0 Å². The Bertz CT molecular complexity index is 508. The zero-order valence-electron chi connectivity index (χ0n) is 14.7. The maximum Gasteiger partial charge on any atom is 0.187 e. The van der Waals surface area contributed by atoms with E-state index in [1.807, 2.05) is 0 Å². The van der Waals surface area contributed by atoms with Gasteiger partial charge >= 0.3 is 0 Å². The van der Waals surface area contributed by atoms with Crippen molar-refractivity contribution in [2.24, 2.45) is 0 Å². The summed E-state index contributed by atoms with van der Waals surface area (Å²) in [5, 5.41) is 77.7. The molecule has 0 aliphatic carbocycles. The van der Waals surface area contributed by atoms with Crippen LogP contribution in [-0.4, -0.2) is 134 Å². The molecule has 3 heterocycles. The molecule has 0 radical (unpaired) electrons. The minimum atomic E-state index is -1.60. The average Bonchev–Trinajstić information content (AvgIpc) is 3.24. The molecule has 3 aliphatic heterocycles. The fourth-order valence-electron chi connectivity index (χ4n) is 3.41. The van der Waals surface area contributed by atoms with E-state index in [9.17, 15) is 30.6 Å². The van der Waals surface area contributed by atoms with Crippen molar-refractivity contribution in [3.8, 4) is 0 Å². The van der Waals surface area contributed by atoms with Crippen molar-refractivity contribution >= 4 is 0 Å². The van der Waals surface area contributed by atoms with Crippen molar-refractivity contribution in [2.45, 2.75) is 73.8 Å². The first-order valence-corrected chi connectivity index (χ1v) is 8.82. The molecule has 13 heteroatoms. The SMILES string of the molecule is OC[C@@H]1O[C@H](O[C@H]2[C@@H](O[C@H]3C(O)O[C@@H](CO)[C@@H]3O)O[C@@H](CO)[C@@H]2O)[C@H](O)[C@H]1O. The van der Waals surface area contributed by atoms with Crippen LogP contribution >= 0.6 is 0 Å². The molecule has 0 amide bonds. The molecule has 3 saturated heterocycles. The molecule has 8 N–H and O–H groups in total. The second-order valence-corrected chi connectivity index (χ2v) is 6.86. The molecule has 3 rings (SSSR count). The lowest BCUT2D eigenvalue weighted by molar-refractivity contribution is -0.272. The number of hydrogen-bond donors (Lipinski definition) is 8. The van der Waals surface area contributed by atoms with Gasteiger partial charge in [0.05, 0.1) is 19.8 Å². The summed E-state index contributed by atoms with van der Waals surface area (Å²) in [6.45, 7) is -1.77. The van der Waals surface area contributed by atoms with Crippen molar-refractivity contribution in [1.82, 2.24) is 0 Å². The van der Waals surface area contributed by atoms with Gasteiger partial charge in [0.2, 0.25) is 0 Å². The third-order valence-corrected chi connectivity index (χ3v) is 5.05. The summed E-state index contributed by atoms with van der Waals surface area (Å²) in [5.74, 6) is 0. The molecule has 28 heavy (non-hydrogen) atoms. The van der Waals surface area contributed by atoms with Gasteiger partial charge in [-0.2, -0.15) is 0 Å². The largest absolute Gasteiger partial charge is 0.394 e. The number of aliphatic hydroxyl groups is 8. The third kappa shape index (κ3) is 4.04. The highest BCUT2D eigenvalue weighted by Gasteiger charge is 2.53. The number of hydrogen-bond acceptors (Lipinski definition) is 13. The normalized spacial score (nSPS) is 51.9. The Morgan fingerprint density at radius 3 is 1.54 bits per heavy atom. The van der Waals surface area contributed by atoms with Crippen LogP contribution in [0.3, 0.4) is 0 Å². The van der Waals surface area contributed by atoms with Crippen LogP contribution < -0.4 is 0 Å². The molecule has 13 nitrogen and oxygen atoms in total. The monoisotopic (exact) mass is 414 g/mol. The Balaban J connectivity index is 1.70. The van der Waals surface area contributed by atoms with E-state index in [4.69, 9.17) is 33.9 Å². The molecule has 164 valence electrons. The molecule has 0 aromatic rings. The Kier molecular flexibility index (Phi) is 7.20. The van der Waals surface area contributed by atoms with Crippen molar-refractivity contribution in [3.05, 3.63) is 0 Å². The molecule has 3 fully saturated rings. The quantitative estimate of drug-likeness (QED) is 0.196. The van der Waals surface area contributed by atoms with E-state index < -0.39 is 93.6 Å². The van der Waals surface area contributed by atoms with E-state index in [0.717, 1.165) is 0 Å². The molecular formula is C15H26O13. The van der Waals surface area contributed by atoms with Crippen LogP contribution in [0.15, 0.2) is 0 Å². The fourth-order valence-corrected chi connectivity index (χ4v) is 3.41. The predicted molar refractivity (Wildman–Crippen MR) is 83.2 cm³/mol. The van der Waals surface area contributed by atoms with Crippen molar-refractivity contribution in [1.29, 1.82) is 0 Å². The molecule has 0 spiro atoms. The van der Waals surface area contributed by atoms with Crippen molar-refractivity contribution < 1.29 is 64.5 Å². The highest BCUT2D eigenvalue weighted by molar-refractivity contribution is 4.94. The summed E-state index contributed by atoms with van der Waals surface area (Å²) < 4.78 is 26.4. The van der Waals surface area contributed by atoms with Gasteiger partial charge in [-0.05, 0) is 0 Å². The predicted octanol–water partition coefficient (Wildman–Crippen LogP) is -5.66. The smallest absolute Gasteiger partial charge is 0.187 e. The Morgan fingerprint density at radius 1 is 0.536 bits per heavy atom. The molecule has 0 bridgehead atoms. The lowest BCUT2D eigenvalue weighted by Crippen LogP contribution is -2.46. The van der Waals surface area contributed by atoms with Gasteiger partial charge in [-0.1, -0.05) is 0 Å². The van der Waals surface area contributed by atoms with E-state index in [1.165, 1.54) is 0 Å². The molecule has 0 aromatic heterocycles. The van der Waals surface area contributed by atoms with Crippen LogP contribution in [-0.2, 0) is 23.7 Å². The Morgan fingerprint density at radius 2 is 1.00 bits per heavy atom. The maximum absolute atomic E-state index is 10.3. The summed E-state index contributed by atoms with van der Waals surface area (Å²) in [6, 6.07) is 0. The lowest BCUT2D eigenvalue weighted by Gasteiger charge is -2.28. The lowest BCUT2D eigenvalue weighted by atomic mass is 10.1.